The summed E-state index contributed by atoms with van der Waals surface area (Å²) in [5.74, 6) is -0.238. The maximum absolute atomic E-state index is 12.0. The first kappa shape index (κ1) is 10.9. The molecular weight excluding hydrogens is 208 g/mol. The smallest absolute Gasteiger partial charge is 0.255 e. The van der Waals surface area contributed by atoms with Crippen molar-refractivity contribution in [1.29, 1.82) is 0 Å². The molecule has 1 saturated heterocycles. The average molecular weight is 222 g/mol. The highest BCUT2D eigenvalue weighted by Gasteiger charge is 2.34. The van der Waals surface area contributed by atoms with Crippen molar-refractivity contribution in [2.24, 2.45) is 0 Å². The minimum atomic E-state index is -0.806. The van der Waals surface area contributed by atoms with Crippen molar-refractivity contribution >= 4 is 5.91 Å². The normalized spacial score (nSPS) is 24.8. The van der Waals surface area contributed by atoms with Crippen molar-refractivity contribution in [2.75, 3.05) is 13.1 Å². The van der Waals surface area contributed by atoms with Crippen LogP contribution in [0, 0.1) is 0 Å². The fourth-order valence-electron chi connectivity index (χ4n) is 1.85. The molecule has 5 nitrogen and oxygen atoms in total. The summed E-state index contributed by atoms with van der Waals surface area (Å²) in [4.78, 5) is 17.3. The molecular formula is C11H14N2O3. The fourth-order valence-corrected chi connectivity index (χ4v) is 1.85. The van der Waals surface area contributed by atoms with E-state index >= 15 is 0 Å². The molecule has 1 unspecified atom stereocenters. The number of hydrogen-bond donors (Lipinski definition) is 2. The summed E-state index contributed by atoms with van der Waals surface area (Å²) in [6.45, 7) is 2.56. The summed E-state index contributed by atoms with van der Waals surface area (Å²) in [6.07, 6.45) is 3.26. The van der Waals surface area contributed by atoms with Gasteiger partial charge in [-0.3, -0.25) is 9.78 Å². The molecule has 0 aliphatic carbocycles. The number of likely N-dealkylation sites (tertiary alicyclic amines) is 1. The van der Waals surface area contributed by atoms with Crippen molar-refractivity contribution in [3.63, 3.8) is 0 Å². The second-order valence-corrected chi connectivity index (χ2v) is 4.41. The summed E-state index contributed by atoms with van der Waals surface area (Å²) in [5.41, 5.74) is -0.461. The number of aromatic hydroxyl groups is 1. The molecule has 0 radical (unpaired) electrons. The van der Waals surface area contributed by atoms with Crippen LogP contribution in [0.4, 0.5) is 0 Å². The molecule has 2 N–H and O–H groups in total. The van der Waals surface area contributed by atoms with Gasteiger partial charge < -0.3 is 15.1 Å². The van der Waals surface area contributed by atoms with Gasteiger partial charge in [0.1, 0.15) is 5.75 Å². The average Bonchev–Trinajstić information content (AvgIpc) is 2.58. The largest absolute Gasteiger partial charge is 0.506 e. The van der Waals surface area contributed by atoms with Crippen LogP contribution in [0.3, 0.4) is 0 Å². The first-order chi connectivity index (χ1) is 7.48. The van der Waals surface area contributed by atoms with Gasteiger partial charge in [-0.1, -0.05) is 0 Å². The lowest BCUT2D eigenvalue weighted by Crippen LogP contribution is -2.33. The molecule has 1 fully saturated rings. The van der Waals surface area contributed by atoms with Crippen LogP contribution in [0.25, 0.3) is 0 Å². The van der Waals surface area contributed by atoms with Gasteiger partial charge in [0.25, 0.3) is 5.91 Å². The lowest BCUT2D eigenvalue weighted by atomic mass is 10.1. The molecule has 1 aromatic rings. The Hall–Kier alpha value is -1.62. The predicted molar refractivity (Wildman–Crippen MR) is 57.0 cm³/mol. The van der Waals surface area contributed by atoms with Gasteiger partial charge in [-0.2, -0.15) is 0 Å². The van der Waals surface area contributed by atoms with Crippen molar-refractivity contribution in [3.8, 4) is 5.75 Å². The van der Waals surface area contributed by atoms with Crippen molar-refractivity contribution in [1.82, 2.24) is 9.88 Å². The molecule has 1 aliphatic heterocycles. The van der Waals surface area contributed by atoms with Gasteiger partial charge in [0, 0.05) is 19.3 Å². The maximum Gasteiger partial charge on any atom is 0.255 e. The lowest BCUT2D eigenvalue weighted by Gasteiger charge is -2.18. The quantitative estimate of drug-likeness (QED) is 0.720. The van der Waals surface area contributed by atoms with Crippen molar-refractivity contribution < 1.29 is 15.0 Å². The second kappa shape index (κ2) is 3.75. The van der Waals surface area contributed by atoms with E-state index in [4.69, 9.17) is 0 Å². The van der Waals surface area contributed by atoms with Gasteiger partial charge in [-0.25, -0.2) is 0 Å². The topological polar surface area (TPSA) is 73.7 Å². The van der Waals surface area contributed by atoms with Crippen molar-refractivity contribution in [2.45, 2.75) is 18.9 Å². The van der Waals surface area contributed by atoms with Gasteiger partial charge in [0.15, 0.2) is 0 Å². The van der Waals surface area contributed by atoms with Crippen LogP contribution in [0.1, 0.15) is 23.7 Å². The van der Waals surface area contributed by atoms with Gasteiger partial charge in [0.05, 0.1) is 17.4 Å². The highest BCUT2D eigenvalue weighted by molar-refractivity contribution is 5.94. The standard InChI is InChI=1S/C11H14N2O3/c1-11(16)2-3-13(7-11)10(15)8-4-9(14)6-12-5-8/h4-6,14,16H,2-3,7H2,1H3. The van der Waals surface area contributed by atoms with Crippen LogP contribution in [0.15, 0.2) is 18.5 Å². The summed E-state index contributed by atoms with van der Waals surface area (Å²) in [7, 11) is 0. The molecule has 1 aliphatic rings. The third kappa shape index (κ3) is 2.14. The molecule has 5 heteroatoms. The summed E-state index contributed by atoms with van der Waals surface area (Å²) in [5, 5.41) is 19.0. The summed E-state index contributed by atoms with van der Waals surface area (Å²) in [6, 6.07) is 1.38. The monoisotopic (exact) mass is 222 g/mol. The number of rotatable bonds is 1. The van der Waals surface area contributed by atoms with Gasteiger partial charge in [-0.15, -0.1) is 0 Å². The highest BCUT2D eigenvalue weighted by Crippen LogP contribution is 2.22. The Morgan fingerprint density at radius 1 is 1.56 bits per heavy atom. The lowest BCUT2D eigenvalue weighted by molar-refractivity contribution is 0.0572. The number of carbonyl (C=O) groups excluding carboxylic acids is 1. The zero-order valence-electron chi connectivity index (χ0n) is 9.05. The van der Waals surface area contributed by atoms with Crippen LogP contribution >= 0.6 is 0 Å². The minimum Gasteiger partial charge on any atom is -0.506 e. The van der Waals surface area contributed by atoms with Crippen LogP contribution < -0.4 is 0 Å². The number of hydrogen-bond acceptors (Lipinski definition) is 4. The Kier molecular flexibility index (Phi) is 2.55. The number of carbonyl (C=O) groups is 1. The minimum absolute atomic E-state index is 0.0307. The van der Waals surface area contributed by atoms with E-state index in [0.29, 0.717) is 25.1 Å². The Balaban J connectivity index is 2.15. The molecule has 0 saturated carbocycles. The van der Waals surface area contributed by atoms with E-state index in [0.717, 1.165) is 0 Å². The first-order valence-corrected chi connectivity index (χ1v) is 5.14. The van der Waals surface area contributed by atoms with E-state index in [-0.39, 0.29) is 11.7 Å². The predicted octanol–water partition coefficient (Wildman–Crippen LogP) is 0.384. The van der Waals surface area contributed by atoms with Crippen LogP contribution in [-0.4, -0.2) is 44.7 Å². The van der Waals surface area contributed by atoms with Crippen LogP contribution in [0.2, 0.25) is 0 Å². The molecule has 1 aromatic heterocycles. The number of β-amino-alcohol motifs (C(OH)–C–C–N with tert-alkyl or cyclic N) is 1. The van der Waals surface area contributed by atoms with E-state index in [1.165, 1.54) is 18.5 Å². The number of pyridine rings is 1. The summed E-state index contributed by atoms with van der Waals surface area (Å²) < 4.78 is 0. The SMILES string of the molecule is CC1(O)CCN(C(=O)c2cncc(O)c2)C1. The molecule has 1 atom stereocenters. The van der Waals surface area contributed by atoms with Crippen LogP contribution in [0.5, 0.6) is 5.75 Å². The number of aliphatic hydroxyl groups is 1. The molecule has 1 amide bonds. The number of nitrogens with zero attached hydrogens (tertiary/aromatic N) is 2. The number of amides is 1. The van der Waals surface area contributed by atoms with Gasteiger partial charge in [-0.05, 0) is 19.4 Å². The van der Waals surface area contributed by atoms with Gasteiger partial charge >= 0.3 is 0 Å². The van der Waals surface area contributed by atoms with E-state index in [2.05, 4.69) is 4.98 Å². The third-order valence-corrected chi connectivity index (χ3v) is 2.71. The van der Waals surface area contributed by atoms with Gasteiger partial charge in [0.2, 0.25) is 0 Å². The molecule has 2 rings (SSSR count). The summed E-state index contributed by atoms with van der Waals surface area (Å²) >= 11 is 0. The Morgan fingerprint density at radius 3 is 2.88 bits per heavy atom. The Labute approximate surface area is 93.3 Å². The second-order valence-electron chi connectivity index (χ2n) is 4.41. The molecule has 86 valence electrons. The van der Waals surface area contributed by atoms with E-state index in [1.54, 1.807) is 11.8 Å². The zero-order valence-corrected chi connectivity index (χ0v) is 9.05. The van der Waals surface area contributed by atoms with E-state index in [9.17, 15) is 15.0 Å². The van der Waals surface area contributed by atoms with E-state index in [1.807, 2.05) is 0 Å². The fraction of sp³-hybridized carbons (Fsp3) is 0.455. The molecule has 16 heavy (non-hydrogen) atoms. The molecule has 0 spiro atoms. The first-order valence-electron chi connectivity index (χ1n) is 5.14. The molecule has 0 bridgehead atoms. The number of aromatic nitrogens is 1. The Morgan fingerprint density at radius 2 is 2.31 bits per heavy atom. The van der Waals surface area contributed by atoms with Crippen molar-refractivity contribution in [3.05, 3.63) is 24.0 Å². The van der Waals surface area contributed by atoms with Crippen LogP contribution in [-0.2, 0) is 0 Å². The highest BCUT2D eigenvalue weighted by atomic mass is 16.3. The van der Waals surface area contributed by atoms with E-state index < -0.39 is 5.60 Å². The Bertz CT molecular complexity index is 417. The molecule has 0 aromatic carbocycles. The zero-order chi connectivity index (χ0) is 11.8. The third-order valence-electron chi connectivity index (χ3n) is 2.71. The maximum atomic E-state index is 12.0. The molecule has 2 heterocycles.